The van der Waals surface area contributed by atoms with Gasteiger partial charge in [-0.2, -0.15) is 0 Å². The van der Waals surface area contributed by atoms with Crippen LogP contribution in [0.15, 0.2) is 121 Å². The van der Waals surface area contributed by atoms with Crippen molar-refractivity contribution in [1.29, 1.82) is 0 Å². The maximum atomic E-state index is 10.9. The van der Waals surface area contributed by atoms with Crippen LogP contribution in [0.25, 0.3) is 0 Å². The predicted molar refractivity (Wildman–Crippen MR) is 157 cm³/mol. The van der Waals surface area contributed by atoms with E-state index in [0.717, 1.165) is 22.3 Å². The summed E-state index contributed by atoms with van der Waals surface area (Å²) in [6.07, 6.45) is -4.16. The molecule has 1 saturated heterocycles. The zero-order valence-corrected chi connectivity index (χ0v) is 23.3. The van der Waals surface area contributed by atoms with E-state index in [-0.39, 0.29) is 0 Å². The number of aliphatic hydroxyl groups excluding tert-OH is 1. The minimum absolute atomic E-state index is 0.324. The summed E-state index contributed by atoms with van der Waals surface area (Å²) in [4.78, 5) is 0. The molecule has 0 spiro atoms. The summed E-state index contributed by atoms with van der Waals surface area (Å²) in [6, 6.07) is 39.9. The molecule has 4 aromatic rings. The third-order valence-corrected chi connectivity index (χ3v) is 7.12. The van der Waals surface area contributed by atoms with Gasteiger partial charge >= 0.3 is 0 Å². The van der Waals surface area contributed by atoms with Crippen molar-refractivity contribution in [3.63, 3.8) is 0 Å². The van der Waals surface area contributed by atoms with E-state index in [1.54, 1.807) is 6.92 Å². The molecule has 0 saturated carbocycles. The summed E-state index contributed by atoms with van der Waals surface area (Å²) in [7, 11) is 0. The fourth-order valence-electron chi connectivity index (χ4n) is 4.97. The number of hydrogen-bond donors (Lipinski definition) is 1. The van der Waals surface area contributed by atoms with Crippen LogP contribution in [0.2, 0.25) is 0 Å². The third kappa shape index (κ3) is 8.33. The van der Waals surface area contributed by atoms with Gasteiger partial charge in [0.1, 0.15) is 24.4 Å². The van der Waals surface area contributed by atoms with Crippen LogP contribution in [-0.2, 0) is 50.1 Å². The Morgan fingerprint density at radius 2 is 0.854 bits per heavy atom. The van der Waals surface area contributed by atoms with Crippen LogP contribution in [0, 0.1) is 0 Å². The number of rotatable bonds is 13. The zero-order valence-electron chi connectivity index (χ0n) is 23.3. The molecule has 6 heteroatoms. The Bertz CT molecular complexity index is 1270. The fraction of sp³-hybridized carbons (Fsp3) is 0.314. The Morgan fingerprint density at radius 3 is 1.24 bits per heavy atom. The highest BCUT2D eigenvalue weighted by atomic mass is 16.7. The van der Waals surface area contributed by atoms with Crippen LogP contribution in [0.3, 0.4) is 0 Å². The molecule has 6 nitrogen and oxygen atoms in total. The summed E-state index contributed by atoms with van der Waals surface area (Å²) < 4.78 is 32.5. The Balaban J connectivity index is 1.44. The minimum Gasteiger partial charge on any atom is -0.391 e. The SMILES string of the molecule is C[C@@H](O)[C@H]1O[C@H](OCc2ccccc2)[C@@H](OCc2ccccc2)[C@@H](OCc2ccccc2)[C@@H]1OCc1ccccc1. The lowest BCUT2D eigenvalue weighted by atomic mass is 9.94. The number of aliphatic hydroxyl groups is 1. The molecule has 1 N–H and O–H groups in total. The first-order chi connectivity index (χ1) is 20.2. The standard InChI is InChI=1S/C35H38O6/c1-26(36)31-32(37-22-27-14-6-2-7-15-27)33(38-23-28-16-8-3-9-17-28)34(39-24-29-18-10-4-11-19-29)35(41-31)40-25-30-20-12-5-13-21-30/h2-21,26,31-36H,22-25H2,1H3/t26-,31-,32-,33+,34+,35+/m1/s1. The maximum Gasteiger partial charge on any atom is 0.187 e. The highest BCUT2D eigenvalue weighted by molar-refractivity contribution is 5.16. The molecular formula is C35H38O6. The van der Waals surface area contributed by atoms with E-state index in [0.29, 0.717) is 26.4 Å². The van der Waals surface area contributed by atoms with Gasteiger partial charge in [-0.3, -0.25) is 0 Å². The van der Waals surface area contributed by atoms with E-state index >= 15 is 0 Å². The fourth-order valence-corrected chi connectivity index (χ4v) is 4.97. The van der Waals surface area contributed by atoms with Gasteiger partial charge < -0.3 is 28.8 Å². The molecule has 0 amide bonds. The smallest absolute Gasteiger partial charge is 0.187 e. The molecule has 1 fully saturated rings. The average molecular weight is 555 g/mol. The molecule has 0 unspecified atom stereocenters. The van der Waals surface area contributed by atoms with Crippen molar-refractivity contribution in [2.75, 3.05) is 0 Å². The lowest BCUT2D eigenvalue weighted by Crippen LogP contribution is -2.63. The summed E-state index contributed by atoms with van der Waals surface area (Å²) in [5.41, 5.74) is 4.08. The van der Waals surface area contributed by atoms with Crippen molar-refractivity contribution in [2.45, 2.75) is 70.2 Å². The van der Waals surface area contributed by atoms with Gasteiger partial charge in [-0.25, -0.2) is 0 Å². The number of hydrogen-bond acceptors (Lipinski definition) is 6. The summed E-state index contributed by atoms with van der Waals surface area (Å²) >= 11 is 0. The Hall–Kier alpha value is -3.36. The van der Waals surface area contributed by atoms with E-state index in [1.807, 2.05) is 121 Å². The van der Waals surface area contributed by atoms with E-state index in [4.69, 9.17) is 23.7 Å². The first-order valence-corrected chi connectivity index (χ1v) is 14.1. The largest absolute Gasteiger partial charge is 0.391 e. The summed E-state index contributed by atoms with van der Waals surface area (Å²) in [5.74, 6) is 0. The quantitative estimate of drug-likeness (QED) is 0.217. The first kappa shape index (κ1) is 29.1. The molecular weight excluding hydrogens is 516 g/mol. The zero-order chi connectivity index (χ0) is 28.3. The molecule has 5 rings (SSSR count). The summed E-state index contributed by atoms with van der Waals surface area (Å²) in [6.45, 7) is 3.06. The molecule has 4 aromatic carbocycles. The van der Waals surface area contributed by atoms with Gasteiger partial charge in [0.25, 0.3) is 0 Å². The molecule has 0 bridgehead atoms. The second kappa shape index (κ2) is 15.0. The topological polar surface area (TPSA) is 66.4 Å². The Kier molecular flexibility index (Phi) is 10.7. The number of ether oxygens (including phenoxy) is 5. The normalized spacial score (nSPS) is 23.2. The van der Waals surface area contributed by atoms with Crippen LogP contribution >= 0.6 is 0 Å². The molecule has 0 aromatic heterocycles. The Morgan fingerprint density at radius 1 is 0.512 bits per heavy atom. The van der Waals surface area contributed by atoms with Gasteiger partial charge in [0.15, 0.2) is 6.29 Å². The van der Waals surface area contributed by atoms with Crippen LogP contribution in [0.4, 0.5) is 0 Å². The minimum atomic E-state index is -0.837. The molecule has 1 aliphatic rings. The van der Waals surface area contributed by atoms with Crippen LogP contribution in [-0.4, -0.2) is 41.9 Å². The van der Waals surface area contributed by atoms with Gasteiger partial charge in [-0.15, -0.1) is 0 Å². The van der Waals surface area contributed by atoms with Gasteiger partial charge in [0, 0.05) is 0 Å². The lowest BCUT2D eigenvalue weighted by molar-refractivity contribution is -0.335. The van der Waals surface area contributed by atoms with Crippen molar-refractivity contribution in [2.24, 2.45) is 0 Å². The second-order valence-electron chi connectivity index (χ2n) is 10.3. The second-order valence-corrected chi connectivity index (χ2v) is 10.3. The van der Waals surface area contributed by atoms with Crippen molar-refractivity contribution < 1.29 is 28.8 Å². The third-order valence-electron chi connectivity index (χ3n) is 7.12. The van der Waals surface area contributed by atoms with Crippen LogP contribution < -0.4 is 0 Å². The van der Waals surface area contributed by atoms with Gasteiger partial charge in [-0.1, -0.05) is 121 Å². The van der Waals surface area contributed by atoms with E-state index < -0.39 is 36.8 Å². The van der Waals surface area contributed by atoms with Gasteiger partial charge in [0.2, 0.25) is 0 Å². The molecule has 0 radical (unpaired) electrons. The molecule has 41 heavy (non-hydrogen) atoms. The highest BCUT2D eigenvalue weighted by Gasteiger charge is 2.50. The van der Waals surface area contributed by atoms with Crippen molar-refractivity contribution in [3.05, 3.63) is 144 Å². The molecule has 1 aliphatic heterocycles. The molecule has 0 aliphatic carbocycles. The van der Waals surface area contributed by atoms with Crippen LogP contribution in [0.5, 0.6) is 0 Å². The summed E-state index contributed by atoms with van der Waals surface area (Å²) in [5, 5.41) is 10.9. The monoisotopic (exact) mass is 554 g/mol. The van der Waals surface area contributed by atoms with E-state index in [9.17, 15) is 5.11 Å². The van der Waals surface area contributed by atoms with Crippen molar-refractivity contribution >= 4 is 0 Å². The lowest BCUT2D eigenvalue weighted by Gasteiger charge is -2.46. The van der Waals surface area contributed by atoms with E-state index in [2.05, 4.69) is 0 Å². The van der Waals surface area contributed by atoms with Gasteiger partial charge in [-0.05, 0) is 29.2 Å². The molecule has 6 atom stereocenters. The molecule has 1 heterocycles. The predicted octanol–water partition coefficient (Wildman–Crippen LogP) is 6.07. The van der Waals surface area contributed by atoms with Crippen molar-refractivity contribution in [1.82, 2.24) is 0 Å². The Labute approximate surface area is 242 Å². The number of benzene rings is 4. The first-order valence-electron chi connectivity index (χ1n) is 14.1. The average Bonchev–Trinajstić information content (AvgIpc) is 3.03. The van der Waals surface area contributed by atoms with Crippen molar-refractivity contribution in [3.8, 4) is 0 Å². The highest BCUT2D eigenvalue weighted by Crippen LogP contribution is 2.33. The van der Waals surface area contributed by atoms with E-state index in [1.165, 1.54) is 0 Å². The van der Waals surface area contributed by atoms with Crippen LogP contribution in [0.1, 0.15) is 29.2 Å². The maximum absolute atomic E-state index is 10.9. The molecule has 214 valence electrons. The van der Waals surface area contributed by atoms with Gasteiger partial charge in [0.05, 0.1) is 32.5 Å².